The molecule has 0 radical (unpaired) electrons. The van der Waals surface area contributed by atoms with Crippen molar-refractivity contribution in [1.82, 2.24) is 0 Å². The summed E-state index contributed by atoms with van der Waals surface area (Å²) < 4.78 is 34.4. The van der Waals surface area contributed by atoms with Crippen molar-refractivity contribution in [3.05, 3.63) is 91.6 Å². The number of sulfonamides is 1. The average molecular weight is 681 g/mol. The summed E-state index contributed by atoms with van der Waals surface area (Å²) in [5.74, 6) is -1.69. The maximum absolute atomic E-state index is 13.2. The standard InChI is InChI=1S/C32H33Cl2N3O6S.Na/c1-3-4-5-6-7-8-9-30(38)37-44(41,42)26-11-12-28(21(2)14-26)36-31(39)20-43-29-13-10-24(33)18-27(29)32(40)23-15-22(19-35)16-25(34)17-23;/h10-18H,3-9,20H2,1-2H3,(H2,36,37,38,39);/q;+1/p-1. The van der Waals surface area contributed by atoms with E-state index >= 15 is 0 Å². The summed E-state index contributed by atoms with van der Waals surface area (Å²) in [5, 5.41) is 12.3. The summed E-state index contributed by atoms with van der Waals surface area (Å²) in [6.45, 7) is 3.23. The molecule has 0 saturated heterocycles. The Balaban J connectivity index is 0.00000705. The van der Waals surface area contributed by atoms with Crippen molar-refractivity contribution in [1.29, 1.82) is 5.26 Å². The van der Waals surface area contributed by atoms with Crippen molar-refractivity contribution in [2.75, 3.05) is 11.9 Å². The molecule has 13 heteroatoms. The van der Waals surface area contributed by atoms with Crippen molar-refractivity contribution >= 4 is 56.5 Å². The molecule has 3 rings (SSSR count). The van der Waals surface area contributed by atoms with Crippen molar-refractivity contribution < 1.29 is 57.1 Å². The summed E-state index contributed by atoms with van der Waals surface area (Å²) in [7, 11) is -4.20. The van der Waals surface area contributed by atoms with E-state index in [9.17, 15) is 28.1 Å². The van der Waals surface area contributed by atoms with Crippen LogP contribution in [0.5, 0.6) is 5.75 Å². The van der Waals surface area contributed by atoms with Gasteiger partial charge in [0.2, 0.25) is 0 Å². The molecule has 0 bridgehead atoms. The Morgan fingerprint density at radius 1 is 0.933 bits per heavy atom. The normalized spacial score (nSPS) is 10.7. The zero-order valence-corrected chi connectivity index (χ0v) is 29.7. The van der Waals surface area contributed by atoms with Gasteiger partial charge in [0.15, 0.2) is 12.4 Å². The SMILES string of the molecule is CCCCCCCCC(=O)[N-]S(=O)(=O)c1ccc(NC(=O)COc2ccc(Cl)cc2C(=O)c2cc(Cl)cc(C#N)c2)c(C)c1.[Na+]. The molecule has 0 unspecified atom stereocenters. The van der Waals surface area contributed by atoms with Crippen LogP contribution in [0.2, 0.25) is 10.0 Å². The molecule has 0 atom stereocenters. The minimum atomic E-state index is -4.20. The summed E-state index contributed by atoms with van der Waals surface area (Å²) in [6, 6.07) is 14.5. The van der Waals surface area contributed by atoms with Crippen LogP contribution in [-0.2, 0) is 19.6 Å². The van der Waals surface area contributed by atoms with Crippen LogP contribution in [-0.4, -0.2) is 32.6 Å². The number of hydrogen-bond acceptors (Lipinski definition) is 7. The second kappa shape index (κ2) is 18.3. The molecule has 3 aromatic rings. The molecular formula is C32H32Cl2N3NaO6S. The largest absolute Gasteiger partial charge is 1.00 e. The maximum Gasteiger partial charge on any atom is 1.00 e. The zero-order valence-electron chi connectivity index (χ0n) is 25.4. The first-order valence-electron chi connectivity index (χ1n) is 14.0. The van der Waals surface area contributed by atoms with Gasteiger partial charge >= 0.3 is 29.6 Å². The maximum atomic E-state index is 13.2. The van der Waals surface area contributed by atoms with E-state index in [1.165, 1.54) is 54.6 Å². The summed E-state index contributed by atoms with van der Waals surface area (Å²) >= 11 is 12.2. The first-order valence-corrected chi connectivity index (χ1v) is 16.2. The van der Waals surface area contributed by atoms with Crippen LogP contribution in [0.25, 0.3) is 4.72 Å². The van der Waals surface area contributed by atoms with Gasteiger partial charge in [-0.25, -0.2) is 8.42 Å². The molecule has 3 aromatic carbocycles. The molecule has 0 aromatic heterocycles. The van der Waals surface area contributed by atoms with Gasteiger partial charge in [-0.3, -0.25) is 9.59 Å². The van der Waals surface area contributed by atoms with E-state index in [-0.39, 0.29) is 73.4 Å². The number of nitriles is 1. The van der Waals surface area contributed by atoms with E-state index in [1.807, 2.05) is 6.07 Å². The van der Waals surface area contributed by atoms with E-state index in [1.54, 1.807) is 6.92 Å². The van der Waals surface area contributed by atoms with Crippen molar-refractivity contribution in [3.8, 4) is 11.8 Å². The third-order valence-electron chi connectivity index (χ3n) is 6.57. The number of ether oxygens (including phenoxy) is 1. The van der Waals surface area contributed by atoms with Crippen molar-refractivity contribution in [2.45, 2.75) is 63.7 Å². The minimum absolute atomic E-state index is 0. The van der Waals surface area contributed by atoms with Crippen LogP contribution < -0.4 is 39.6 Å². The Hall–Kier alpha value is -2.91. The number of hydrogen-bond donors (Lipinski definition) is 1. The first-order chi connectivity index (χ1) is 20.9. The number of amides is 2. The van der Waals surface area contributed by atoms with Crippen LogP contribution in [0.3, 0.4) is 0 Å². The number of aryl methyl sites for hydroxylation is 1. The number of ketones is 1. The Morgan fingerprint density at radius 2 is 1.64 bits per heavy atom. The molecule has 232 valence electrons. The number of nitrogens with one attached hydrogen (secondary N) is 1. The topological polar surface area (TPSA) is 144 Å². The number of nitrogens with zero attached hydrogens (tertiary/aromatic N) is 2. The zero-order chi connectivity index (χ0) is 32.3. The number of carbonyl (C=O) groups excluding carboxylic acids is 3. The number of anilines is 1. The molecule has 0 saturated carbocycles. The van der Waals surface area contributed by atoms with Gasteiger partial charge < -0.3 is 19.6 Å². The quantitative estimate of drug-likeness (QED) is 0.138. The van der Waals surface area contributed by atoms with Gasteiger partial charge in [-0.1, -0.05) is 62.2 Å². The van der Waals surface area contributed by atoms with Gasteiger partial charge in [-0.15, -0.1) is 0 Å². The first kappa shape index (κ1) is 38.3. The van der Waals surface area contributed by atoms with Crippen LogP contribution in [0.15, 0.2) is 59.5 Å². The van der Waals surface area contributed by atoms with Gasteiger partial charge in [-0.05, 0) is 79.9 Å². The molecule has 0 fully saturated rings. The van der Waals surface area contributed by atoms with Crippen molar-refractivity contribution in [3.63, 3.8) is 0 Å². The van der Waals surface area contributed by atoms with Gasteiger partial charge in [0.1, 0.15) is 15.8 Å². The van der Waals surface area contributed by atoms with E-state index in [2.05, 4.69) is 17.0 Å². The van der Waals surface area contributed by atoms with Gasteiger partial charge in [0, 0.05) is 21.3 Å². The van der Waals surface area contributed by atoms with Crippen molar-refractivity contribution in [2.24, 2.45) is 0 Å². The molecule has 0 aliphatic rings. The van der Waals surface area contributed by atoms with E-state index < -0.39 is 34.2 Å². The van der Waals surface area contributed by atoms with Gasteiger partial charge in [0.05, 0.1) is 28.0 Å². The molecular weight excluding hydrogens is 648 g/mol. The number of carbonyl (C=O) groups is 3. The van der Waals surface area contributed by atoms with Crippen LogP contribution >= 0.6 is 23.2 Å². The Bertz CT molecular complexity index is 1690. The van der Waals surface area contributed by atoms with Gasteiger partial charge in [-0.2, -0.15) is 5.26 Å². The second-order valence-electron chi connectivity index (χ2n) is 10.1. The predicted molar refractivity (Wildman–Crippen MR) is 170 cm³/mol. The van der Waals surface area contributed by atoms with Gasteiger partial charge in [0.25, 0.3) is 5.91 Å². The molecule has 9 nitrogen and oxygen atoms in total. The van der Waals surface area contributed by atoms with Crippen LogP contribution in [0.1, 0.15) is 78.9 Å². The Kier molecular flexibility index (Phi) is 15.6. The minimum Gasteiger partial charge on any atom is -0.542 e. The second-order valence-corrected chi connectivity index (χ2v) is 12.6. The van der Waals surface area contributed by atoms with Crippen LogP contribution in [0, 0.1) is 18.3 Å². The van der Waals surface area contributed by atoms with Crippen LogP contribution in [0.4, 0.5) is 5.69 Å². The third kappa shape index (κ3) is 11.8. The average Bonchev–Trinajstić information content (AvgIpc) is 2.98. The third-order valence-corrected chi connectivity index (χ3v) is 8.32. The summed E-state index contributed by atoms with van der Waals surface area (Å²) in [5.41, 5.74) is 1.16. The molecule has 0 aliphatic carbocycles. The summed E-state index contributed by atoms with van der Waals surface area (Å²) in [6.07, 6.45) is 5.84. The smallest absolute Gasteiger partial charge is 0.542 e. The molecule has 0 aliphatic heterocycles. The summed E-state index contributed by atoms with van der Waals surface area (Å²) in [4.78, 5) is 37.9. The monoisotopic (exact) mass is 679 g/mol. The molecule has 2 amide bonds. The fourth-order valence-corrected chi connectivity index (χ4v) is 5.74. The number of benzene rings is 3. The molecule has 45 heavy (non-hydrogen) atoms. The Morgan fingerprint density at radius 3 is 2.33 bits per heavy atom. The molecule has 1 N–H and O–H groups in total. The Labute approximate surface area is 296 Å². The van der Waals surface area contributed by atoms with E-state index in [0.29, 0.717) is 17.7 Å². The number of halogens is 2. The number of rotatable bonds is 15. The fourth-order valence-electron chi connectivity index (χ4n) is 4.30. The molecule has 0 heterocycles. The van der Waals surface area contributed by atoms with E-state index in [0.717, 1.165) is 32.1 Å². The fraction of sp³-hybridized carbons (Fsp3) is 0.312. The predicted octanol–water partition coefficient (Wildman–Crippen LogP) is 4.77. The molecule has 0 spiro atoms. The number of unbranched alkanes of at least 4 members (excludes halogenated alkanes) is 5. The van der Waals surface area contributed by atoms with E-state index in [4.69, 9.17) is 27.9 Å².